The Morgan fingerprint density at radius 3 is 2.68 bits per heavy atom. The van der Waals surface area contributed by atoms with Gasteiger partial charge in [0, 0.05) is 25.7 Å². The normalized spacial score (nSPS) is 18.2. The van der Waals surface area contributed by atoms with Crippen molar-refractivity contribution < 1.29 is 22.9 Å². The number of likely N-dealkylation sites (N-methyl/N-ethyl adjacent to an activating group) is 1. The fourth-order valence-corrected chi connectivity index (χ4v) is 3.83. The highest BCUT2D eigenvalue weighted by atomic mass is 32.2. The molecule has 11 heteroatoms. The SMILES string of the molecule is CC(C#N)Sc1cc(C(F)(F)F)c(C(=O)N(C)[C@@H]2CCCNC2)cc1[N+](=O)[O-]. The second-order valence-electron chi connectivity index (χ2n) is 6.43. The molecule has 1 N–H and O–H groups in total. The molecule has 1 unspecified atom stereocenters. The molecule has 0 spiro atoms. The van der Waals surface area contributed by atoms with Crippen molar-refractivity contribution in [3.63, 3.8) is 0 Å². The molecule has 1 aliphatic heterocycles. The number of thioether (sulfide) groups is 1. The number of piperidine rings is 1. The van der Waals surface area contributed by atoms with E-state index in [-0.39, 0.29) is 10.9 Å². The summed E-state index contributed by atoms with van der Waals surface area (Å²) in [4.78, 5) is 24.2. The van der Waals surface area contributed by atoms with Gasteiger partial charge in [-0.1, -0.05) is 0 Å². The molecule has 1 aromatic rings. The van der Waals surface area contributed by atoms with E-state index >= 15 is 0 Å². The number of alkyl halides is 3. The van der Waals surface area contributed by atoms with Crippen LogP contribution in [-0.4, -0.2) is 47.2 Å². The Morgan fingerprint density at radius 2 is 2.18 bits per heavy atom. The summed E-state index contributed by atoms with van der Waals surface area (Å²) in [7, 11) is 1.40. The van der Waals surface area contributed by atoms with Gasteiger partial charge in [0.15, 0.2) is 0 Å². The molecule has 1 saturated heterocycles. The molecule has 2 rings (SSSR count). The van der Waals surface area contributed by atoms with E-state index in [2.05, 4.69) is 5.32 Å². The Kier molecular flexibility index (Phi) is 6.90. The highest BCUT2D eigenvalue weighted by Crippen LogP contribution is 2.41. The zero-order chi connectivity index (χ0) is 21.1. The largest absolute Gasteiger partial charge is 0.417 e. The summed E-state index contributed by atoms with van der Waals surface area (Å²) in [5.41, 5.74) is -2.63. The molecule has 2 atom stereocenters. The lowest BCUT2D eigenvalue weighted by Gasteiger charge is -2.32. The third kappa shape index (κ3) is 4.94. The number of carbonyl (C=O) groups is 1. The van der Waals surface area contributed by atoms with Gasteiger partial charge in [0.2, 0.25) is 0 Å². The van der Waals surface area contributed by atoms with Gasteiger partial charge in [0.1, 0.15) is 0 Å². The minimum atomic E-state index is -4.88. The summed E-state index contributed by atoms with van der Waals surface area (Å²) < 4.78 is 40.9. The topological polar surface area (TPSA) is 99.3 Å². The summed E-state index contributed by atoms with van der Waals surface area (Å²) in [6.45, 7) is 2.63. The molecule has 152 valence electrons. The summed E-state index contributed by atoms with van der Waals surface area (Å²) in [5, 5.41) is 22.6. The number of halogens is 3. The molecule has 1 fully saturated rings. The van der Waals surface area contributed by atoms with Crippen molar-refractivity contribution in [1.29, 1.82) is 5.26 Å². The van der Waals surface area contributed by atoms with Crippen molar-refractivity contribution in [2.75, 3.05) is 20.1 Å². The van der Waals surface area contributed by atoms with E-state index in [0.717, 1.165) is 13.0 Å². The van der Waals surface area contributed by atoms with E-state index in [4.69, 9.17) is 5.26 Å². The molecule has 0 aromatic heterocycles. The van der Waals surface area contributed by atoms with Crippen LogP contribution in [0.1, 0.15) is 35.7 Å². The third-order valence-electron chi connectivity index (χ3n) is 4.46. The van der Waals surface area contributed by atoms with E-state index in [9.17, 15) is 28.1 Å². The number of nitrogens with zero attached hydrogens (tertiary/aromatic N) is 3. The maximum Gasteiger partial charge on any atom is 0.417 e. The number of nitro groups is 1. The highest BCUT2D eigenvalue weighted by molar-refractivity contribution is 8.00. The van der Waals surface area contributed by atoms with Crippen molar-refractivity contribution in [3.8, 4) is 6.07 Å². The van der Waals surface area contributed by atoms with Crippen LogP contribution in [0.4, 0.5) is 18.9 Å². The third-order valence-corrected chi connectivity index (χ3v) is 5.50. The van der Waals surface area contributed by atoms with Gasteiger partial charge < -0.3 is 10.2 Å². The second kappa shape index (κ2) is 8.79. The number of hydrogen-bond donors (Lipinski definition) is 1. The standard InChI is InChI=1S/C17H19F3N4O3S/c1-10(8-21)28-15-7-13(17(18,19)20)12(6-14(15)24(26)27)16(25)23(2)11-4-3-5-22-9-11/h6-7,10-11,22H,3-5,9H2,1-2H3/t10?,11-/m1/s1. The average molecular weight is 416 g/mol. The van der Waals surface area contributed by atoms with Crippen LogP contribution in [0.2, 0.25) is 0 Å². The average Bonchev–Trinajstić information content (AvgIpc) is 2.66. The smallest absolute Gasteiger partial charge is 0.337 e. The van der Waals surface area contributed by atoms with Crippen LogP contribution < -0.4 is 5.32 Å². The van der Waals surface area contributed by atoms with Gasteiger partial charge in [0.25, 0.3) is 11.6 Å². The van der Waals surface area contributed by atoms with Gasteiger partial charge in [-0.05, 0) is 32.4 Å². The number of benzene rings is 1. The fraction of sp³-hybridized carbons (Fsp3) is 0.529. The minimum absolute atomic E-state index is 0.297. The molecule has 1 heterocycles. The molecule has 0 aliphatic carbocycles. The monoisotopic (exact) mass is 416 g/mol. The van der Waals surface area contributed by atoms with Crippen LogP contribution in [-0.2, 0) is 6.18 Å². The molecule has 28 heavy (non-hydrogen) atoms. The van der Waals surface area contributed by atoms with Crippen molar-refractivity contribution in [2.24, 2.45) is 0 Å². The Hall–Kier alpha value is -2.32. The number of hydrogen-bond acceptors (Lipinski definition) is 6. The van der Waals surface area contributed by atoms with Crippen LogP contribution in [0.3, 0.4) is 0 Å². The van der Waals surface area contributed by atoms with Crippen LogP contribution in [0.5, 0.6) is 0 Å². The summed E-state index contributed by atoms with van der Waals surface area (Å²) in [6, 6.07) is 2.78. The highest BCUT2D eigenvalue weighted by Gasteiger charge is 2.39. The first kappa shape index (κ1) is 22.0. The number of amides is 1. The summed E-state index contributed by atoms with van der Waals surface area (Å²) >= 11 is 0.648. The molecular weight excluding hydrogens is 397 g/mol. The zero-order valence-corrected chi connectivity index (χ0v) is 16.1. The van der Waals surface area contributed by atoms with E-state index in [1.807, 2.05) is 6.07 Å². The number of rotatable bonds is 5. The van der Waals surface area contributed by atoms with Crippen molar-refractivity contribution in [1.82, 2.24) is 10.2 Å². The molecular formula is C17H19F3N4O3S. The van der Waals surface area contributed by atoms with Gasteiger partial charge in [-0.2, -0.15) is 18.4 Å². The lowest BCUT2D eigenvalue weighted by Crippen LogP contribution is -2.47. The van der Waals surface area contributed by atoms with Crippen molar-refractivity contribution >= 4 is 23.4 Å². The first-order valence-corrected chi connectivity index (χ1v) is 9.38. The molecule has 1 amide bonds. The summed E-state index contributed by atoms with van der Waals surface area (Å²) in [6.07, 6.45) is -3.47. The quantitative estimate of drug-likeness (QED) is 0.448. The molecule has 1 aromatic carbocycles. The predicted octanol–water partition coefficient (Wildman–Crippen LogP) is 3.44. The van der Waals surface area contributed by atoms with Gasteiger partial charge in [-0.15, -0.1) is 11.8 Å². The lowest BCUT2D eigenvalue weighted by atomic mass is 10.0. The Labute approximate surface area is 164 Å². The van der Waals surface area contributed by atoms with Gasteiger partial charge in [-0.25, -0.2) is 0 Å². The predicted molar refractivity (Wildman–Crippen MR) is 97.0 cm³/mol. The van der Waals surface area contributed by atoms with Crippen molar-refractivity contribution in [2.45, 2.75) is 42.1 Å². The maximum absolute atomic E-state index is 13.6. The van der Waals surface area contributed by atoms with Gasteiger partial charge >= 0.3 is 6.18 Å². The first-order valence-electron chi connectivity index (χ1n) is 8.50. The van der Waals surface area contributed by atoms with Crippen LogP contribution in [0.25, 0.3) is 0 Å². The van der Waals surface area contributed by atoms with Crippen molar-refractivity contribution in [3.05, 3.63) is 33.4 Å². The van der Waals surface area contributed by atoms with Gasteiger partial charge in [-0.3, -0.25) is 14.9 Å². The number of carbonyl (C=O) groups excluding carboxylic acids is 1. The Bertz CT molecular complexity index is 804. The summed E-state index contributed by atoms with van der Waals surface area (Å²) in [5.74, 6) is -0.922. The van der Waals surface area contributed by atoms with Crippen LogP contribution >= 0.6 is 11.8 Å². The Balaban J connectivity index is 2.54. The fourth-order valence-electron chi connectivity index (χ4n) is 2.95. The number of nitrogens with one attached hydrogen (secondary N) is 1. The maximum atomic E-state index is 13.6. The van der Waals surface area contributed by atoms with Crippen LogP contribution in [0.15, 0.2) is 17.0 Å². The minimum Gasteiger partial charge on any atom is -0.337 e. The molecule has 7 nitrogen and oxygen atoms in total. The molecule has 0 bridgehead atoms. The molecule has 0 saturated carbocycles. The van der Waals surface area contributed by atoms with E-state index in [1.165, 1.54) is 18.9 Å². The Morgan fingerprint density at radius 1 is 1.50 bits per heavy atom. The molecule has 0 radical (unpaired) electrons. The lowest BCUT2D eigenvalue weighted by molar-refractivity contribution is -0.387. The number of nitro benzene ring substituents is 1. The molecule has 1 aliphatic rings. The van der Waals surface area contributed by atoms with E-state index in [1.54, 1.807) is 0 Å². The second-order valence-corrected chi connectivity index (χ2v) is 7.81. The first-order chi connectivity index (χ1) is 13.1. The zero-order valence-electron chi connectivity index (χ0n) is 15.2. The number of nitriles is 1. The van der Waals surface area contributed by atoms with Crippen LogP contribution in [0, 0.1) is 21.4 Å². The van der Waals surface area contributed by atoms with E-state index in [0.29, 0.717) is 36.9 Å². The van der Waals surface area contributed by atoms with Gasteiger partial charge in [0.05, 0.1) is 32.3 Å². The van der Waals surface area contributed by atoms with E-state index < -0.39 is 39.1 Å².